The SMILES string of the molecule is CC(C)[C@@H]1CC[C@@H](C)C[C@H]1OC(=O)C1(O)CCCC1=O. The minimum absolute atomic E-state index is 0.163. The minimum atomic E-state index is -1.87. The number of rotatable bonds is 3. The molecule has 2 rings (SSSR count). The van der Waals surface area contributed by atoms with Gasteiger partial charge in [0.05, 0.1) is 0 Å². The second-order valence-corrected chi connectivity index (χ2v) is 6.91. The predicted molar refractivity (Wildman–Crippen MR) is 75.0 cm³/mol. The zero-order chi connectivity index (χ0) is 14.9. The van der Waals surface area contributed by atoms with E-state index in [1.165, 1.54) is 0 Å². The molecular formula is C16H26O4. The summed E-state index contributed by atoms with van der Waals surface area (Å²) in [5.74, 6) is 0.193. The normalized spacial score (nSPS) is 38.2. The average molecular weight is 282 g/mol. The molecule has 1 unspecified atom stereocenters. The Bertz CT molecular complexity index is 390. The maximum absolute atomic E-state index is 12.2. The molecule has 0 bridgehead atoms. The van der Waals surface area contributed by atoms with E-state index in [0.29, 0.717) is 24.2 Å². The molecule has 0 aromatic carbocycles. The van der Waals surface area contributed by atoms with Gasteiger partial charge in [0, 0.05) is 6.42 Å². The number of esters is 1. The molecule has 4 nitrogen and oxygen atoms in total. The Morgan fingerprint density at radius 3 is 2.65 bits per heavy atom. The van der Waals surface area contributed by atoms with Gasteiger partial charge in [0.1, 0.15) is 6.10 Å². The van der Waals surface area contributed by atoms with Gasteiger partial charge >= 0.3 is 5.97 Å². The Kier molecular flexibility index (Phi) is 4.52. The maximum Gasteiger partial charge on any atom is 0.346 e. The van der Waals surface area contributed by atoms with Crippen molar-refractivity contribution in [3.8, 4) is 0 Å². The molecule has 1 N–H and O–H groups in total. The van der Waals surface area contributed by atoms with E-state index in [-0.39, 0.29) is 24.7 Å². The van der Waals surface area contributed by atoms with E-state index >= 15 is 0 Å². The zero-order valence-corrected chi connectivity index (χ0v) is 12.7. The number of aliphatic hydroxyl groups is 1. The number of carbonyl (C=O) groups excluding carboxylic acids is 2. The van der Waals surface area contributed by atoms with E-state index < -0.39 is 11.6 Å². The lowest BCUT2D eigenvalue weighted by Crippen LogP contribution is -2.47. The number of ketones is 1. The van der Waals surface area contributed by atoms with Crippen LogP contribution in [0.2, 0.25) is 0 Å². The van der Waals surface area contributed by atoms with Crippen molar-refractivity contribution >= 4 is 11.8 Å². The maximum atomic E-state index is 12.2. The summed E-state index contributed by atoms with van der Waals surface area (Å²) in [6, 6.07) is 0. The molecule has 4 atom stereocenters. The first-order chi connectivity index (χ1) is 9.34. The van der Waals surface area contributed by atoms with Gasteiger partial charge in [-0.25, -0.2) is 4.79 Å². The zero-order valence-electron chi connectivity index (χ0n) is 12.7. The largest absolute Gasteiger partial charge is 0.460 e. The predicted octanol–water partition coefficient (Wildman–Crippen LogP) is 2.47. The Labute approximate surface area is 120 Å². The molecular weight excluding hydrogens is 256 g/mol. The number of hydrogen-bond acceptors (Lipinski definition) is 4. The standard InChI is InChI=1S/C16H26O4/c1-10(2)12-7-6-11(3)9-13(12)20-15(18)16(19)8-4-5-14(16)17/h10-13,19H,4-9H2,1-3H3/t11-,12+,13-,16?/m1/s1. The summed E-state index contributed by atoms with van der Waals surface area (Å²) in [7, 11) is 0. The van der Waals surface area contributed by atoms with Crippen molar-refractivity contribution in [3.63, 3.8) is 0 Å². The molecule has 2 aliphatic carbocycles. The first-order valence-electron chi connectivity index (χ1n) is 7.81. The highest BCUT2D eigenvalue weighted by molar-refractivity contribution is 6.08. The fraction of sp³-hybridized carbons (Fsp3) is 0.875. The highest BCUT2D eigenvalue weighted by Crippen LogP contribution is 2.37. The van der Waals surface area contributed by atoms with Crippen LogP contribution in [0.15, 0.2) is 0 Å². The van der Waals surface area contributed by atoms with E-state index in [2.05, 4.69) is 20.8 Å². The highest BCUT2D eigenvalue weighted by Gasteiger charge is 2.49. The topological polar surface area (TPSA) is 63.6 Å². The number of Topliss-reactive ketones (excluding diaryl/α,β-unsaturated/α-hetero) is 1. The Morgan fingerprint density at radius 1 is 1.40 bits per heavy atom. The second kappa shape index (κ2) is 5.84. The molecule has 0 aliphatic heterocycles. The van der Waals surface area contributed by atoms with Crippen LogP contribution in [0, 0.1) is 17.8 Å². The van der Waals surface area contributed by atoms with Gasteiger partial charge in [-0.2, -0.15) is 0 Å². The number of hydrogen-bond donors (Lipinski definition) is 1. The lowest BCUT2D eigenvalue weighted by Gasteiger charge is -2.37. The van der Waals surface area contributed by atoms with Crippen LogP contribution in [-0.2, 0) is 14.3 Å². The summed E-state index contributed by atoms with van der Waals surface area (Å²) in [6.07, 6.45) is 3.92. The number of ether oxygens (including phenoxy) is 1. The Balaban J connectivity index is 2.06. The van der Waals surface area contributed by atoms with Gasteiger partial charge in [0.15, 0.2) is 5.78 Å². The molecule has 4 heteroatoms. The van der Waals surface area contributed by atoms with Crippen LogP contribution in [0.1, 0.15) is 59.3 Å². The molecule has 0 heterocycles. The van der Waals surface area contributed by atoms with E-state index in [1.807, 2.05) is 0 Å². The minimum Gasteiger partial charge on any atom is -0.460 e. The van der Waals surface area contributed by atoms with Crippen LogP contribution in [0.25, 0.3) is 0 Å². The van der Waals surface area contributed by atoms with Crippen molar-refractivity contribution in [2.75, 3.05) is 0 Å². The molecule has 0 spiro atoms. The molecule has 2 fully saturated rings. The average Bonchev–Trinajstić information content (AvgIpc) is 2.70. The van der Waals surface area contributed by atoms with E-state index in [0.717, 1.165) is 19.3 Å². The van der Waals surface area contributed by atoms with Crippen molar-refractivity contribution in [3.05, 3.63) is 0 Å². The van der Waals surface area contributed by atoms with E-state index in [9.17, 15) is 14.7 Å². The quantitative estimate of drug-likeness (QED) is 0.638. The van der Waals surface area contributed by atoms with Gasteiger partial charge in [-0.3, -0.25) is 4.79 Å². The summed E-state index contributed by atoms with van der Waals surface area (Å²) in [5, 5.41) is 10.2. The summed E-state index contributed by atoms with van der Waals surface area (Å²) in [4.78, 5) is 23.9. The molecule has 2 aliphatic rings. The van der Waals surface area contributed by atoms with Gasteiger partial charge in [0.2, 0.25) is 5.60 Å². The fourth-order valence-corrected chi connectivity index (χ4v) is 3.55. The summed E-state index contributed by atoms with van der Waals surface area (Å²) < 4.78 is 5.58. The molecule has 20 heavy (non-hydrogen) atoms. The van der Waals surface area contributed by atoms with Gasteiger partial charge < -0.3 is 9.84 Å². The van der Waals surface area contributed by atoms with Gasteiger partial charge in [-0.05, 0) is 43.4 Å². The fourth-order valence-electron chi connectivity index (χ4n) is 3.55. The third-order valence-corrected chi connectivity index (χ3v) is 4.96. The highest BCUT2D eigenvalue weighted by atomic mass is 16.6. The van der Waals surface area contributed by atoms with Crippen LogP contribution in [0.4, 0.5) is 0 Å². The smallest absolute Gasteiger partial charge is 0.346 e. The monoisotopic (exact) mass is 282 g/mol. The third-order valence-electron chi connectivity index (χ3n) is 4.96. The summed E-state index contributed by atoms with van der Waals surface area (Å²) >= 11 is 0. The van der Waals surface area contributed by atoms with Crippen molar-refractivity contribution in [2.24, 2.45) is 17.8 Å². The molecule has 0 saturated heterocycles. The van der Waals surface area contributed by atoms with E-state index in [4.69, 9.17) is 4.74 Å². The summed E-state index contributed by atoms with van der Waals surface area (Å²) in [6.45, 7) is 6.43. The van der Waals surface area contributed by atoms with Gasteiger partial charge in [-0.15, -0.1) is 0 Å². The summed E-state index contributed by atoms with van der Waals surface area (Å²) in [5.41, 5.74) is -1.87. The molecule has 0 amide bonds. The lowest BCUT2D eigenvalue weighted by molar-refractivity contribution is -0.178. The van der Waals surface area contributed by atoms with Gasteiger partial charge in [-0.1, -0.05) is 27.2 Å². The Morgan fingerprint density at radius 2 is 2.10 bits per heavy atom. The molecule has 114 valence electrons. The van der Waals surface area contributed by atoms with Crippen molar-refractivity contribution in [2.45, 2.75) is 71.0 Å². The van der Waals surface area contributed by atoms with Crippen LogP contribution < -0.4 is 0 Å². The first-order valence-corrected chi connectivity index (χ1v) is 7.81. The molecule has 0 radical (unpaired) electrons. The second-order valence-electron chi connectivity index (χ2n) is 6.91. The van der Waals surface area contributed by atoms with Crippen LogP contribution >= 0.6 is 0 Å². The lowest BCUT2D eigenvalue weighted by atomic mass is 9.75. The first kappa shape index (κ1) is 15.5. The van der Waals surface area contributed by atoms with Crippen molar-refractivity contribution in [1.29, 1.82) is 0 Å². The van der Waals surface area contributed by atoms with Crippen LogP contribution in [-0.4, -0.2) is 28.6 Å². The molecule has 0 aromatic heterocycles. The van der Waals surface area contributed by atoms with Crippen molar-refractivity contribution < 1.29 is 19.4 Å². The molecule has 0 aromatic rings. The third kappa shape index (κ3) is 2.90. The number of carbonyl (C=O) groups is 2. The van der Waals surface area contributed by atoms with Gasteiger partial charge in [0.25, 0.3) is 0 Å². The molecule has 2 saturated carbocycles. The van der Waals surface area contributed by atoms with Crippen LogP contribution in [0.5, 0.6) is 0 Å². The van der Waals surface area contributed by atoms with E-state index in [1.54, 1.807) is 0 Å². The van der Waals surface area contributed by atoms with Crippen molar-refractivity contribution in [1.82, 2.24) is 0 Å². The van der Waals surface area contributed by atoms with Crippen LogP contribution in [0.3, 0.4) is 0 Å². The Hall–Kier alpha value is -0.900.